The van der Waals surface area contributed by atoms with Crippen LogP contribution < -0.4 is 10.5 Å². The summed E-state index contributed by atoms with van der Waals surface area (Å²) in [5, 5.41) is 0. The van der Waals surface area contributed by atoms with Gasteiger partial charge in [-0.2, -0.15) is 0 Å². The summed E-state index contributed by atoms with van der Waals surface area (Å²) < 4.78 is 18.3. The second kappa shape index (κ2) is 4.00. The molecule has 0 bridgehead atoms. The maximum absolute atomic E-state index is 12.9. The summed E-state index contributed by atoms with van der Waals surface area (Å²) in [6.07, 6.45) is 0. The van der Waals surface area contributed by atoms with Gasteiger partial charge >= 0.3 is 0 Å². The van der Waals surface area contributed by atoms with Gasteiger partial charge in [0.1, 0.15) is 17.3 Å². The highest BCUT2D eigenvalue weighted by atomic mass is 19.1. The molecule has 0 aliphatic rings. The molecule has 0 aromatic heterocycles. The van der Waals surface area contributed by atoms with Crippen LogP contribution in [0.15, 0.2) is 48.5 Å². The number of anilines is 1. The number of rotatable bonds is 2. The molecule has 0 radical (unpaired) electrons. The van der Waals surface area contributed by atoms with Crippen LogP contribution in [0.5, 0.6) is 11.5 Å². The van der Waals surface area contributed by atoms with E-state index < -0.39 is 0 Å². The summed E-state index contributed by atoms with van der Waals surface area (Å²) in [5.74, 6) is 0.637. The van der Waals surface area contributed by atoms with E-state index in [1.54, 1.807) is 24.3 Å². The molecule has 2 aromatic rings. The summed E-state index contributed by atoms with van der Waals surface area (Å²) in [4.78, 5) is 0. The first kappa shape index (κ1) is 9.52. The Kier molecular flexibility index (Phi) is 2.54. The summed E-state index contributed by atoms with van der Waals surface area (Å²) in [5.41, 5.74) is 6.22. The van der Waals surface area contributed by atoms with Crippen LogP contribution in [0.2, 0.25) is 0 Å². The van der Waals surface area contributed by atoms with Crippen molar-refractivity contribution in [1.82, 2.24) is 0 Å². The SMILES string of the molecule is Nc1ccccc1Oc1cccc(F)c1. The van der Waals surface area contributed by atoms with Crippen LogP contribution in [0.4, 0.5) is 10.1 Å². The highest BCUT2D eigenvalue weighted by Gasteiger charge is 2.01. The Labute approximate surface area is 87.1 Å². The van der Waals surface area contributed by atoms with Crippen molar-refractivity contribution in [2.45, 2.75) is 0 Å². The molecular weight excluding hydrogens is 193 g/mol. The highest BCUT2D eigenvalue weighted by molar-refractivity contribution is 5.53. The van der Waals surface area contributed by atoms with Gasteiger partial charge in [-0.1, -0.05) is 18.2 Å². The van der Waals surface area contributed by atoms with Crippen molar-refractivity contribution in [3.8, 4) is 11.5 Å². The summed E-state index contributed by atoms with van der Waals surface area (Å²) in [6.45, 7) is 0. The Morgan fingerprint density at radius 2 is 1.80 bits per heavy atom. The number of para-hydroxylation sites is 2. The van der Waals surface area contributed by atoms with Crippen LogP contribution in [0, 0.1) is 5.82 Å². The van der Waals surface area contributed by atoms with Gasteiger partial charge in [0.05, 0.1) is 5.69 Å². The first-order valence-electron chi connectivity index (χ1n) is 4.53. The Morgan fingerprint density at radius 3 is 2.53 bits per heavy atom. The third-order valence-electron chi connectivity index (χ3n) is 1.94. The molecule has 0 atom stereocenters. The fourth-order valence-corrected chi connectivity index (χ4v) is 1.23. The van der Waals surface area contributed by atoms with Crippen LogP contribution in [-0.2, 0) is 0 Å². The number of nitrogen functional groups attached to an aromatic ring is 1. The molecule has 76 valence electrons. The summed E-state index contributed by atoms with van der Waals surface area (Å²) in [7, 11) is 0. The van der Waals surface area contributed by atoms with Crippen molar-refractivity contribution in [1.29, 1.82) is 0 Å². The molecule has 0 aliphatic heterocycles. The van der Waals surface area contributed by atoms with Gasteiger partial charge in [-0.05, 0) is 24.3 Å². The first-order valence-corrected chi connectivity index (χ1v) is 4.53. The predicted octanol–water partition coefficient (Wildman–Crippen LogP) is 3.20. The Bertz CT molecular complexity index is 471. The minimum Gasteiger partial charge on any atom is -0.455 e. The molecule has 0 amide bonds. The van der Waals surface area contributed by atoms with E-state index in [9.17, 15) is 4.39 Å². The van der Waals surface area contributed by atoms with Crippen LogP contribution >= 0.6 is 0 Å². The molecule has 0 aliphatic carbocycles. The standard InChI is InChI=1S/C12H10FNO/c13-9-4-3-5-10(8-9)15-12-7-2-1-6-11(12)14/h1-8H,14H2. The number of hydrogen-bond donors (Lipinski definition) is 1. The highest BCUT2D eigenvalue weighted by Crippen LogP contribution is 2.26. The zero-order valence-electron chi connectivity index (χ0n) is 7.98. The zero-order valence-corrected chi connectivity index (χ0v) is 7.98. The molecule has 15 heavy (non-hydrogen) atoms. The third kappa shape index (κ3) is 2.26. The minimum atomic E-state index is -0.331. The molecule has 2 rings (SSSR count). The lowest BCUT2D eigenvalue weighted by molar-refractivity contribution is 0.479. The van der Waals surface area contributed by atoms with E-state index in [0.29, 0.717) is 17.2 Å². The van der Waals surface area contributed by atoms with Crippen molar-refractivity contribution in [2.24, 2.45) is 0 Å². The Morgan fingerprint density at radius 1 is 1.00 bits per heavy atom. The average molecular weight is 203 g/mol. The number of nitrogens with two attached hydrogens (primary N) is 1. The van der Waals surface area contributed by atoms with Crippen LogP contribution in [0.1, 0.15) is 0 Å². The molecule has 0 saturated carbocycles. The predicted molar refractivity (Wildman–Crippen MR) is 57.3 cm³/mol. The van der Waals surface area contributed by atoms with Crippen molar-refractivity contribution >= 4 is 5.69 Å². The largest absolute Gasteiger partial charge is 0.455 e. The smallest absolute Gasteiger partial charge is 0.150 e. The van der Waals surface area contributed by atoms with Gasteiger partial charge in [0, 0.05) is 6.07 Å². The number of halogens is 1. The molecule has 2 nitrogen and oxygen atoms in total. The quantitative estimate of drug-likeness (QED) is 0.760. The van der Waals surface area contributed by atoms with Gasteiger partial charge in [0.25, 0.3) is 0 Å². The van der Waals surface area contributed by atoms with Crippen LogP contribution in [0.25, 0.3) is 0 Å². The van der Waals surface area contributed by atoms with Gasteiger partial charge in [-0.3, -0.25) is 0 Å². The average Bonchev–Trinajstić information content (AvgIpc) is 2.22. The van der Waals surface area contributed by atoms with Crippen molar-refractivity contribution in [3.05, 3.63) is 54.3 Å². The number of ether oxygens (including phenoxy) is 1. The van der Waals surface area contributed by atoms with Crippen LogP contribution in [0.3, 0.4) is 0 Å². The lowest BCUT2D eigenvalue weighted by Gasteiger charge is -2.07. The van der Waals surface area contributed by atoms with Gasteiger partial charge in [0.2, 0.25) is 0 Å². The van der Waals surface area contributed by atoms with E-state index in [4.69, 9.17) is 10.5 Å². The van der Waals surface area contributed by atoms with Gasteiger partial charge in [0.15, 0.2) is 0 Å². The Balaban J connectivity index is 2.26. The molecule has 2 aromatic carbocycles. The molecule has 0 fully saturated rings. The molecule has 3 heteroatoms. The molecule has 0 spiro atoms. The number of benzene rings is 2. The lowest BCUT2D eigenvalue weighted by Crippen LogP contribution is -1.91. The maximum atomic E-state index is 12.9. The fourth-order valence-electron chi connectivity index (χ4n) is 1.23. The van der Waals surface area contributed by atoms with Crippen LogP contribution in [-0.4, -0.2) is 0 Å². The molecular formula is C12H10FNO. The summed E-state index contributed by atoms with van der Waals surface area (Å²) >= 11 is 0. The number of hydrogen-bond acceptors (Lipinski definition) is 2. The topological polar surface area (TPSA) is 35.2 Å². The van der Waals surface area contributed by atoms with Gasteiger partial charge in [-0.15, -0.1) is 0 Å². The Hall–Kier alpha value is -2.03. The summed E-state index contributed by atoms with van der Waals surface area (Å²) in [6, 6.07) is 13.0. The molecule has 0 unspecified atom stereocenters. The van der Waals surface area contributed by atoms with Crippen molar-refractivity contribution in [3.63, 3.8) is 0 Å². The normalized spacial score (nSPS) is 9.93. The van der Waals surface area contributed by atoms with E-state index >= 15 is 0 Å². The second-order valence-corrected chi connectivity index (χ2v) is 3.10. The van der Waals surface area contributed by atoms with Crippen molar-refractivity contribution in [2.75, 3.05) is 5.73 Å². The van der Waals surface area contributed by atoms with E-state index in [2.05, 4.69) is 0 Å². The van der Waals surface area contributed by atoms with E-state index in [1.807, 2.05) is 12.1 Å². The molecule has 0 heterocycles. The zero-order chi connectivity index (χ0) is 10.7. The monoisotopic (exact) mass is 203 g/mol. The van der Waals surface area contributed by atoms with Gasteiger partial charge < -0.3 is 10.5 Å². The van der Waals surface area contributed by atoms with Gasteiger partial charge in [-0.25, -0.2) is 4.39 Å². The molecule has 2 N–H and O–H groups in total. The first-order chi connectivity index (χ1) is 7.25. The second-order valence-electron chi connectivity index (χ2n) is 3.10. The lowest BCUT2D eigenvalue weighted by atomic mass is 10.3. The van der Waals surface area contributed by atoms with E-state index in [1.165, 1.54) is 12.1 Å². The maximum Gasteiger partial charge on any atom is 0.150 e. The van der Waals surface area contributed by atoms with Crippen molar-refractivity contribution < 1.29 is 9.13 Å². The van der Waals surface area contributed by atoms with E-state index in [0.717, 1.165) is 0 Å². The third-order valence-corrected chi connectivity index (χ3v) is 1.94. The fraction of sp³-hybridized carbons (Fsp3) is 0. The minimum absolute atomic E-state index is 0.331. The van der Waals surface area contributed by atoms with E-state index in [-0.39, 0.29) is 5.82 Å². The molecule has 0 saturated heterocycles.